The van der Waals surface area contributed by atoms with Gasteiger partial charge in [-0.2, -0.15) is 0 Å². The van der Waals surface area contributed by atoms with Gasteiger partial charge in [0.2, 0.25) is 7.58 Å². The summed E-state index contributed by atoms with van der Waals surface area (Å²) in [6, 6.07) is 0. The molecular formula is C12H24NO5PS. The maximum atomic E-state index is 12.0. The van der Waals surface area contributed by atoms with Crippen LogP contribution >= 0.6 is 19.0 Å². The Bertz CT molecular complexity index is 300. The molecule has 0 aliphatic carbocycles. The molecule has 0 aromatic carbocycles. The number of carbonyl (C=O) groups is 1. The predicted molar refractivity (Wildman–Crippen MR) is 80.4 cm³/mol. The van der Waals surface area contributed by atoms with E-state index in [0.717, 1.165) is 50.7 Å². The highest BCUT2D eigenvalue weighted by Crippen LogP contribution is 2.45. The van der Waals surface area contributed by atoms with E-state index in [1.807, 2.05) is 13.8 Å². The Labute approximate surface area is 125 Å². The van der Waals surface area contributed by atoms with Gasteiger partial charge in [-0.15, -0.1) is 0 Å². The third-order valence-electron chi connectivity index (χ3n) is 3.22. The third kappa shape index (κ3) is 6.70. The molecule has 0 aromatic heterocycles. The molecule has 118 valence electrons. The van der Waals surface area contributed by atoms with Crippen molar-refractivity contribution in [2.75, 3.05) is 45.9 Å². The first kappa shape index (κ1) is 18.1. The lowest BCUT2D eigenvalue weighted by molar-refractivity contribution is -0.152. The summed E-state index contributed by atoms with van der Waals surface area (Å²) in [5.74, 6) is -0.117. The molecule has 1 unspecified atom stereocenters. The van der Waals surface area contributed by atoms with Gasteiger partial charge in [-0.3, -0.25) is 9.69 Å². The van der Waals surface area contributed by atoms with Crippen LogP contribution in [0.25, 0.3) is 0 Å². The van der Waals surface area contributed by atoms with Crippen LogP contribution in [0.2, 0.25) is 0 Å². The van der Waals surface area contributed by atoms with E-state index in [9.17, 15) is 9.69 Å². The second-order valence-corrected chi connectivity index (χ2v) is 8.23. The highest BCUT2D eigenvalue weighted by atomic mass is 32.7. The van der Waals surface area contributed by atoms with Crippen molar-refractivity contribution in [3.8, 4) is 0 Å². The van der Waals surface area contributed by atoms with Crippen molar-refractivity contribution < 1.29 is 23.7 Å². The van der Waals surface area contributed by atoms with Gasteiger partial charge in [0.1, 0.15) is 5.94 Å². The molecule has 1 atom stereocenters. The van der Waals surface area contributed by atoms with Crippen LogP contribution in [0.5, 0.6) is 0 Å². The Morgan fingerprint density at radius 3 is 2.70 bits per heavy atom. The zero-order valence-electron chi connectivity index (χ0n) is 12.3. The molecule has 1 rings (SSSR count). The Morgan fingerprint density at radius 1 is 1.45 bits per heavy atom. The van der Waals surface area contributed by atoms with E-state index in [1.165, 1.54) is 7.11 Å². The standard InChI is InChI=1S/C12H24NO5PS/c1-12(2,4-5-13-6-8-17-9-7-13)11(14)18-10-20-19(15)16-3/h15H,4-10H2,1-3H3. The van der Waals surface area contributed by atoms with Gasteiger partial charge in [-0.25, -0.2) is 0 Å². The van der Waals surface area contributed by atoms with E-state index in [4.69, 9.17) is 14.0 Å². The minimum atomic E-state index is -1.55. The lowest BCUT2D eigenvalue weighted by atomic mass is 9.89. The minimum Gasteiger partial charge on any atom is -0.454 e. The zero-order chi connectivity index (χ0) is 15.0. The molecule has 1 fully saturated rings. The van der Waals surface area contributed by atoms with Gasteiger partial charge in [0.15, 0.2) is 0 Å². The molecule has 1 heterocycles. The van der Waals surface area contributed by atoms with Crippen LogP contribution in [0.3, 0.4) is 0 Å². The second-order valence-electron chi connectivity index (χ2n) is 5.19. The quantitative estimate of drug-likeness (QED) is 0.415. The van der Waals surface area contributed by atoms with Crippen molar-refractivity contribution in [3.63, 3.8) is 0 Å². The Morgan fingerprint density at radius 2 is 2.10 bits per heavy atom. The van der Waals surface area contributed by atoms with Gasteiger partial charge >= 0.3 is 5.97 Å². The fourth-order valence-corrected chi connectivity index (χ4v) is 2.84. The summed E-state index contributed by atoms with van der Waals surface area (Å²) in [7, 11) is -0.122. The SMILES string of the molecule is COP(O)SCOC(=O)C(C)(C)CCN1CCOCC1. The number of hydrogen-bond donors (Lipinski definition) is 1. The van der Waals surface area contributed by atoms with Gasteiger partial charge in [0.25, 0.3) is 0 Å². The molecule has 8 heteroatoms. The first-order chi connectivity index (χ1) is 9.45. The number of hydrogen-bond acceptors (Lipinski definition) is 7. The Hall–Kier alpha value is 0.0900. The molecular weight excluding hydrogens is 301 g/mol. The van der Waals surface area contributed by atoms with Crippen molar-refractivity contribution in [3.05, 3.63) is 0 Å². The molecule has 1 saturated heterocycles. The molecule has 0 amide bonds. The average Bonchev–Trinajstić information content (AvgIpc) is 2.46. The average molecular weight is 325 g/mol. The van der Waals surface area contributed by atoms with Gasteiger partial charge in [-0.05, 0) is 38.2 Å². The summed E-state index contributed by atoms with van der Waals surface area (Å²) in [4.78, 5) is 23.6. The molecule has 0 spiro atoms. The third-order valence-corrected chi connectivity index (χ3v) is 5.40. The topological polar surface area (TPSA) is 68.2 Å². The second kappa shape index (κ2) is 9.18. The van der Waals surface area contributed by atoms with Crippen LogP contribution in [0.1, 0.15) is 20.3 Å². The summed E-state index contributed by atoms with van der Waals surface area (Å²) < 4.78 is 15.2. The highest BCUT2D eigenvalue weighted by Gasteiger charge is 2.30. The van der Waals surface area contributed by atoms with Gasteiger partial charge in [0.05, 0.1) is 18.6 Å². The van der Waals surface area contributed by atoms with E-state index in [1.54, 1.807) is 0 Å². The number of esters is 1. The number of ether oxygens (including phenoxy) is 2. The predicted octanol–water partition coefficient (Wildman–Crippen LogP) is 1.83. The molecule has 0 aromatic rings. The maximum Gasteiger partial charge on any atom is 0.312 e. The Kier molecular flexibility index (Phi) is 8.32. The first-order valence-corrected chi connectivity index (χ1v) is 9.39. The maximum absolute atomic E-state index is 12.0. The van der Waals surface area contributed by atoms with E-state index < -0.39 is 13.0 Å². The Balaban J connectivity index is 2.25. The minimum absolute atomic E-state index is 0.121. The summed E-state index contributed by atoms with van der Waals surface area (Å²) in [5.41, 5.74) is -0.524. The lowest BCUT2D eigenvalue weighted by Crippen LogP contribution is -2.39. The summed E-state index contributed by atoms with van der Waals surface area (Å²) >= 11 is 1.10. The summed E-state index contributed by atoms with van der Waals surface area (Å²) in [5, 5.41) is 0. The number of nitrogens with zero attached hydrogens (tertiary/aromatic N) is 1. The monoisotopic (exact) mass is 325 g/mol. The van der Waals surface area contributed by atoms with Crippen molar-refractivity contribution in [1.29, 1.82) is 0 Å². The van der Waals surface area contributed by atoms with Gasteiger partial charge in [-0.1, -0.05) is 0 Å². The fourth-order valence-electron chi connectivity index (χ4n) is 1.74. The number of rotatable bonds is 8. The number of morpholine rings is 1. The van der Waals surface area contributed by atoms with Gasteiger partial charge < -0.3 is 18.9 Å². The van der Waals surface area contributed by atoms with Crippen LogP contribution in [0.15, 0.2) is 0 Å². The molecule has 1 aliphatic heterocycles. The van der Waals surface area contributed by atoms with E-state index in [2.05, 4.69) is 4.90 Å². The van der Waals surface area contributed by atoms with Crippen LogP contribution in [0.4, 0.5) is 0 Å². The van der Waals surface area contributed by atoms with Crippen LogP contribution in [0, 0.1) is 5.41 Å². The summed E-state index contributed by atoms with van der Waals surface area (Å²) in [6.07, 6.45) is 0.745. The van der Waals surface area contributed by atoms with Crippen molar-refractivity contribution in [1.82, 2.24) is 4.90 Å². The number of carbonyl (C=O) groups excluding carboxylic acids is 1. The molecule has 1 aliphatic rings. The van der Waals surface area contributed by atoms with Crippen molar-refractivity contribution in [2.45, 2.75) is 20.3 Å². The molecule has 0 bridgehead atoms. The molecule has 0 radical (unpaired) electrons. The van der Waals surface area contributed by atoms with Gasteiger partial charge in [0, 0.05) is 20.2 Å². The molecule has 6 nitrogen and oxygen atoms in total. The van der Waals surface area contributed by atoms with E-state index >= 15 is 0 Å². The van der Waals surface area contributed by atoms with Crippen LogP contribution in [-0.4, -0.2) is 61.7 Å². The van der Waals surface area contributed by atoms with Crippen LogP contribution in [-0.2, 0) is 18.8 Å². The normalized spacial score (nSPS) is 18.8. The molecule has 20 heavy (non-hydrogen) atoms. The zero-order valence-corrected chi connectivity index (χ0v) is 14.0. The molecule has 1 N–H and O–H groups in total. The van der Waals surface area contributed by atoms with Crippen LogP contribution < -0.4 is 0 Å². The molecule has 0 saturated carbocycles. The fraction of sp³-hybridized carbons (Fsp3) is 0.917. The first-order valence-electron chi connectivity index (χ1n) is 6.59. The highest BCUT2D eigenvalue weighted by molar-refractivity contribution is 8.52. The smallest absolute Gasteiger partial charge is 0.312 e. The largest absolute Gasteiger partial charge is 0.454 e. The van der Waals surface area contributed by atoms with E-state index in [-0.39, 0.29) is 11.9 Å². The summed E-state index contributed by atoms with van der Waals surface area (Å²) in [6.45, 7) is 8.00. The van der Waals surface area contributed by atoms with Crippen molar-refractivity contribution >= 4 is 24.9 Å². The lowest BCUT2D eigenvalue weighted by Gasteiger charge is -2.30. The van der Waals surface area contributed by atoms with E-state index in [0.29, 0.717) is 0 Å². The van der Waals surface area contributed by atoms with Crippen molar-refractivity contribution in [2.24, 2.45) is 5.41 Å².